The summed E-state index contributed by atoms with van der Waals surface area (Å²) in [5.74, 6) is 0. The summed E-state index contributed by atoms with van der Waals surface area (Å²) in [5.41, 5.74) is -0.206. The van der Waals surface area contributed by atoms with E-state index in [0.29, 0.717) is 0 Å². The Bertz CT molecular complexity index is 149. The molecule has 0 spiro atoms. The quantitative estimate of drug-likeness (QED) is 0.692. The van der Waals surface area contributed by atoms with E-state index in [9.17, 15) is 0 Å². The zero-order valence-corrected chi connectivity index (χ0v) is 8.04. The van der Waals surface area contributed by atoms with Gasteiger partial charge < -0.3 is 14.6 Å². The fourth-order valence-electron chi connectivity index (χ4n) is 1.62. The predicted octanol–water partition coefficient (Wildman–Crippen LogP) is 0.951. The Kier molecular flexibility index (Phi) is 3.09. The molecule has 1 aliphatic heterocycles. The number of aliphatic hydroxyl groups excluding tert-OH is 1. The molecule has 1 saturated heterocycles. The van der Waals surface area contributed by atoms with Crippen molar-refractivity contribution >= 4 is 0 Å². The number of methoxy groups -OCH3 is 1. The van der Waals surface area contributed by atoms with Crippen molar-refractivity contribution in [1.82, 2.24) is 0 Å². The summed E-state index contributed by atoms with van der Waals surface area (Å²) in [5, 5.41) is 8.89. The molecule has 3 heteroatoms. The van der Waals surface area contributed by atoms with E-state index in [1.54, 1.807) is 7.11 Å². The molecule has 0 aromatic carbocycles. The van der Waals surface area contributed by atoms with Gasteiger partial charge in [-0.1, -0.05) is 0 Å². The number of hydrogen-bond donors (Lipinski definition) is 1. The summed E-state index contributed by atoms with van der Waals surface area (Å²) in [6.07, 6.45) is 2.00. The van der Waals surface area contributed by atoms with Crippen molar-refractivity contribution in [3.05, 3.63) is 0 Å². The topological polar surface area (TPSA) is 38.7 Å². The van der Waals surface area contributed by atoms with Gasteiger partial charge in [0.15, 0.2) is 0 Å². The normalized spacial score (nSPS) is 38.5. The Morgan fingerprint density at radius 1 is 1.75 bits per heavy atom. The first-order chi connectivity index (χ1) is 5.62. The summed E-state index contributed by atoms with van der Waals surface area (Å²) >= 11 is 0. The lowest BCUT2D eigenvalue weighted by atomic mass is 9.96. The highest BCUT2D eigenvalue weighted by Crippen LogP contribution is 2.33. The van der Waals surface area contributed by atoms with Gasteiger partial charge in [-0.3, -0.25) is 0 Å². The van der Waals surface area contributed by atoms with Gasteiger partial charge in [0.25, 0.3) is 0 Å². The zero-order valence-electron chi connectivity index (χ0n) is 8.04. The van der Waals surface area contributed by atoms with Crippen LogP contribution in [-0.2, 0) is 9.47 Å². The molecular weight excluding hydrogens is 156 g/mol. The molecule has 12 heavy (non-hydrogen) atoms. The van der Waals surface area contributed by atoms with Crippen molar-refractivity contribution in [2.75, 3.05) is 13.7 Å². The second-order valence-corrected chi connectivity index (χ2v) is 3.65. The van der Waals surface area contributed by atoms with Gasteiger partial charge in [-0.2, -0.15) is 0 Å². The molecule has 72 valence electrons. The molecule has 0 saturated carbocycles. The fourth-order valence-corrected chi connectivity index (χ4v) is 1.62. The molecule has 0 radical (unpaired) electrons. The molecule has 0 aromatic heterocycles. The molecule has 3 atom stereocenters. The third-order valence-corrected chi connectivity index (χ3v) is 2.82. The largest absolute Gasteiger partial charge is 0.394 e. The van der Waals surface area contributed by atoms with Gasteiger partial charge in [-0.15, -0.1) is 0 Å². The van der Waals surface area contributed by atoms with Gasteiger partial charge in [-0.25, -0.2) is 0 Å². The first kappa shape index (κ1) is 9.96. The van der Waals surface area contributed by atoms with Crippen LogP contribution in [0.4, 0.5) is 0 Å². The minimum absolute atomic E-state index is 0.00704. The van der Waals surface area contributed by atoms with Crippen molar-refractivity contribution in [2.24, 2.45) is 0 Å². The van der Waals surface area contributed by atoms with Crippen molar-refractivity contribution in [3.8, 4) is 0 Å². The molecule has 1 N–H and O–H groups in total. The van der Waals surface area contributed by atoms with Gasteiger partial charge in [0.2, 0.25) is 0 Å². The van der Waals surface area contributed by atoms with Gasteiger partial charge in [-0.05, 0) is 26.7 Å². The Hall–Kier alpha value is -0.120. The highest BCUT2D eigenvalue weighted by molar-refractivity contribution is 4.89. The molecule has 1 rings (SSSR count). The van der Waals surface area contributed by atoms with E-state index >= 15 is 0 Å². The third-order valence-electron chi connectivity index (χ3n) is 2.82. The second-order valence-electron chi connectivity index (χ2n) is 3.65. The SMILES string of the molecule is COC(C)C1(C)CCC(CO)O1. The number of ether oxygens (including phenoxy) is 2. The van der Waals surface area contributed by atoms with Crippen LogP contribution < -0.4 is 0 Å². The molecule has 1 aliphatic rings. The average molecular weight is 174 g/mol. The molecule has 0 bridgehead atoms. The third kappa shape index (κ3) is 1.79. The van der Waals surface area contributed by atoms with E-state index < -0.39 is 0 Å². The number of aliphatic hydroxyl groups is 1. The van der Waals surface area contributed by atoms with Crippen LogP contribution in [-0.4, -0.2) is 36.6 Å². The lowest BCUT2D eigenvalue weighted by molar-refractivity contribution is -0.119. The number of rotatable bonds is 3. The lowest BCUT2D eigenvalue weighted by Gasteiger charge is -2.30. The summed E-state index contributed by atoms with van der Waals surface area (Å²) in [6, 6.07) is 0. The predicted molar refractivity (Wildman–Crippen MR) is 46.1 cm³/mol. The molecule has 1 heterocycles. The molecule has 1 fully saturated rings. The standard InChI is InChI=1S/C9H18O3/c1-7(11-3)9(2)5-4-8(6-10)12-9/h7-8,10H,4-6H2,1-3H3. The maximum absolute atomic E-state index is 8.89. The fraction of sp³-hybridized carbons (Fsp3) is 1.00. The van der Waals surface area contributed by atoms with E-state index in [4.69, 9.17) is 14.6 Å². The second kappa shape index (κ2) is 3.73. The monoisotopic (exact) mass is 174 g/mol. The van der Waals surface area contributed by atoms with Crippen molar-refractivity contribution in [2.45, 2.75) is 44.5 Å². The lowest BCUT2D eigenvalue weighted by Crippen LogP contribution is -2.39. The van der Waals surface area contributed by atoms with Crippen LogP contribution >= 0.6 is 0 Å². The summed E-state index contributed by atoms with van der Waals surface area (Å²) in [6.45, 7) is 4.16. The van der Waals surface area contributed by atoms with Crippen LogP contribution in [0, 0.1) is 0 Å². The number of hydrogen-bond acceptors (Lipinski definition) is 3. The van der Waals surface area contributed by atoms with E-state index in [1.165, 1.54) is 0 Å². The van der Waals surface area contributed by atoms with Gasteiger partial charge in [0, 0.05) is 7.11 Å². The van der Waals surface area contributed by atoms with Crippen molar-refractivity contribution < 1.29 is 14.6 Å². The Labute approximate surface area is 73.7 Å². The summed E-state index contributed by atoms with van der Waals surface area (Å²) < 4.78 is 10.9. The first-order valence-electron chi connectivity index (χ1n) is 4.44. The van der Waals surface area contributed by atoms with Crippen molar-refractivity contribution in [3.63, 3.8) is 0 Å². The highest BCUT2D eigenvalue weighted by atomic mass is 16.6. The molecule has 0 aliphatic carbocycles. The van der Waals surface area contributed by atoms with E-state index in [1.807, 2.05) is 13.8 Å². The van der Waals surface area contributed by atoms with Crippen LogP contribution in [0.3, 0.4) is 0 Å². The Morgan fingerprint density at radius 2 is 2.42 bits per heavy atom. The molecule has 0 aromatic rings. The maximum Gasteiger partial charge on any atom is 0.0917 e. The average Bonchev–Trinajstić information content (AvgIpc) is 2.47. The molecule has 0 amide bonds. The van der Waals surface area contributed by atoms with Crippen LogP contribution in [0.5, 0.6) is 0 Å². The summed E-state index contributed by atoms with van der Waals surface area (Å²) in [7, 11) is 1.69. The Morgan fingerprint density at radius 3 is 2.83 bits per heavy atom. The van der Waals surface area contributed by atoms with Crippen molar-refractivity contribution in [1.29, 1.82) is 0 Å². The van der Waals surface area contributed by atoms with E-state index in [2.05, 4.69) is 0 Å². The molecular formula is C9H18O3. The van der Waals surface area contributed by atoms with Crippen LogP contribution in [0.25, 0.3) is 0 Å². The Balaban J connectivity index is 2.51. The van der Waals surface area contributed by atoms with Crippen LogP contribution in [0.1, 0.15) is 26.7 Å². The van der Waals surface area contributed by atoms with E-state index in [0.717, 1.165) is 12.8 Å². The molecule has 3 unspecified atom stereocenters. The maximum atomic E-state index is 8.89. The van der Waals surface area contributed by atoms with Gasteiger partial charge >= 0.3 is 0 Å². The van der Waals surface area contributed by atoms with Gasteiger partial charge in [0.05, 0.1) is 24.4 Å². The molecule has 3 nitrogen and oxygen atoms in total. The van der Waals surface area contributed by atoms with E-state index in [-0.39, 0.29) is 24.4 Å². The highest BCUT2D eigenvalue weighted by Gasteiger charge is 2.40. The summed E-state index contributed by atoms with van der Waals surface area (Å²) in [4.78, 5) is 0. The van der Waals surface area contributed by atoms with Crippen LogP contribution in [0.15, 0.2) is 0 Å². The minimum Gasteiger partial charge on any atom is -0.394 e. The van der Waals surface area contributed by atoms with Gasteiger partial charge in [0.1, 0.15) is 0 Å². The minimum atomic E-state index is -0.206. The smallest absolute Gasteiger partial charge is 0.0917 e. The van der Waals surface area contributed by atoms with Crippen LogP contribution in [0.2, 0.25) is 0 Å². The zero-order chi connectivity index (χ0) is 9.19. The first-order valence-corrected chi connectivity index (χ1v) is 4.44.